The Bertz CT molecular complexity index is 890. The maximum Gasteiger partial charge on any atom is 0.303 e. The Hall–Kier alpha value is -1.57. The molecule has 0 bridgehead atoms. The fourth-order valence-corrected chi connectivity index (χ4v) is 5.16. The molecule has 3 rings (SSSR count). The number of aliphatic hydroxyl groups excluding tert-OH is 1. The van der Waals surface area contributed by atoms with Crippen LogP contribution in [0, 0.1) is 0 Å². The second kappa shape index (κ2) is 12.9. The average molecular weight is 512 g/mol. The number of nitrogens with zero attached hydrogens (tertiary/aromatic N) is 1. The standard InChI is InChI=1S/C26H35Cl2NO5/c1-17(21-6-3-7-25(33-2)22(21)9-11-26(31)32)34-16-20(30)15-29-12-4-5-19(29)13-18-8-10-23(27)24(28)14-18/h3,6-8,10,14,17,19-20,23-24,30H,4-5,9,11-13,15-16H2,1-2H3,(H,31,32)/t17-,19+,20-,23?,24?/m1/s1. The van der Waals surface area contributed by atoms with Crippen LogP contribution in [0.25, 0.3) is 0 Å². The molecule has 2 aliphatic rings. The first-order chi connectivity index (χ1) is 16.3. The van der Waals surface area contributed by atoms with Crippen LogP contribution >= 0.6 is 23.2 Å². The SMILES string of the molecule is COc1cccc([C@@H](C)OC[C@H](O)CN2CCC[C@H]2CC2=CC(Cl)C(Cl)C=C2)c1CCC(=O)O. The second-order valence-corrected chi connectivity index (χ2v) is 10.0. The fourth-order valence-electron chi connectivity index (χ4n) is 4.77. The molecule has 6 nitrogen and oxygen atoms in total. The maximum atomic E-state index is 11.1. The van der Waals surface area contributed by atoms with Gasteiger partial charge in [0, 0.05) is 24.6 Å². The molecule has 2 unspecified atom stereocenters. The minimum atomic E-state index is -0.857. The largest absolute Gasteiger partial charge is 0.496 e. The predicted molar refractivity (Wildman–Crippen MR) is 135 cm³/mol. The number of likely N-dealkylation sites (tertiary alicyclic amines) is 1. The number of β-amino-alcohol motifs (C(OH)–C–C–N with tert-alkyl or cyclic N) is 1. The fraction of sp³-hybridized carbons (Fsp3) is 0.577. The molecule has 0 amide bonds. The lowest BCUT2D eigenvalue weighted by Crippen LogP contribution is -2.38. The van der Waals surface area contributed by atoms with Gasteiger partial charge in [0.1, 0.15) is 5.75 Å². The highest BCUT2D eigenvalue weighted by atomic mass is 35.5. The lowest BCUT2D eigenvalue weighted by atomic mass is 9.98. The number of allylic oxidation sites excluding steroid dienone is 3. The number of carboxylic acid groups (broad SMARTS) is 1. The van der Waals surface area contributed by atoms with Gasteiger partial charge >= 0.3 is 5.97 Å². The molecule has 1 fully saturated rings. The Morgan fingerprint density at radius 1 is 1.29 bits per heavy atom. The smallest absolute Gasteiger partial charge is 0.303 e. The molecule has 0 saturated carbocycles. The first kappa shape index (κ1) is 27.0. The Labute approximate surface area is 212 Å². The summed E-state index contributed by atoms with van der Waals surface area (Å²) < 4.78 is 11.5. The monoisotopic (exact) mass is 511 g/mol. The molecule has 1 aliphatic heterocycles. The number of halogens is 2. The molecule has 2 N–H and O–H groups in total. The van der Waals surface area contributed by atoms with Crippen molar-refractivity contribution in [3.63, 3.8) is 0 Å². The topological polar surface area (TPSA) is 79.2 Å². The number of methoxy groups -OCH3 is 1. The van der Waals surface area contributed by atoms with E-state index in [4.69, 9.17) is 37.8 Å². The van der Waals surface area contributed by atoms with Crippen molar-refractivity contribution < 1.29 is 24.5 Å². The van der Waals surface area contributed by atoms with Crippen molar-refractivity contribution in [1.82, 2.24) is 4.90 Å². The van der Waals surface area contributed by atoms with E-state index in [-0.39, 0.29) is 29.9 Å². The zero-order valence-electron chi connectivity index (χ0n) is 19.8. The van der Waals surface area contributed by atoms with E-state index in [1.54, 1.807) is 7.11 Å². The normalized spacial score (nSPS) is 24.6. The van der Waals surface area contributed by atoms with Crippen LogP contribution < -0.4 is 4.74 Å². The third kappa shape index (κ3) is 7.46. The summed E-state index contributed by atoms with van der Waals surface area (Å²) in [5.74, 6) is -0.204. The molecule has 8 heteroatoms. The number of hydrogen-bond donors (Lipinski definition) is 2. The van der Waals surface area contributed by atoms with Gasteiger partial charge in [0.25, 0.3) is 0 Å². The van der Waals surface area contributed by atoms with Gasteiger partial charge in [-0.05, 0) is 56.4 Å². The minimum absolute atomic E-state index is 0.0146. The van der Waals surface area contributed by atoms with Gasteiger partial charge in [-0.25, -0.2) is 0 Å². The zero-order valence-corrected chi connectivity index (χ0v) is 21.3. The summed E-state index contributed by atoms with van der Waals surface area (Å²) >= 11 is 12.4. The van der Waals surface area contributed by atoms with Crippen molar-refractivity contribution in [2.45, 2.75) is 68.0 Å². The molecule has 1 saturated heterocycles. The number of alkyl halides is 2. The highest BCUT2D eigenvalue weighted by Gasteiger charge is 2.28. The van der Waals surface area contributed by atoms with E-state index >= 15 is 0 Å². The first-order valence-electron chi connectivity index (χ1n) is 11.9. The van der Waals surface area contributed by atoms with Crippen LogP contribution in [-0.2, 0) is 16.0 Å². The van der Waals surface area contributed by atoms with Crippen molar-refractivity contribution in [2.75, 3.05) is 26.8 Å². The molecule has 1 heterocycles. The predicted octanol–water partition coefficient (Wildman–Crippen LogP) is 4.72. The van der Waals surface area contributed by atoms with Crippen molar-refractivity contribution in [1.29, 1.82) is 0 Å². The van der Waals surface area contributed by atoms with Gasteiger partial charge in [-0.1, -0.05) is 30.4 Å². The molecule has 1 aromatic carbocycles. The molecule has 5 atom stereocenters. The second-order valence-electron chi connectivity index (χ2n) is 9.04. The van der Waals surface area contributed by atoms with Gasteiger partial charge in [0.2, 0.25) is 0 Å². The molecule has 1 aliphatic carbocycles. The number of carbonyl (C=O) groups is 1. The Morgan fingerprint density at radius 3 is 2.79 bits per heavy atom. The highest BCUT2D eigenvalue weighted by molar-refractivity contribution is 6.31. The molecular weight excluding hydrogens is 477 g/mol. The summed E-state index contributed by atoms with van der Waals surface area (Å²) in [6, 6.07) is 5.98. The van der Waals surface area contributed by atoms with E-state index in [9.17, 15) is 9.90 Å². The molecule has 1 aromatic rings. The van der Waals surface area contributed by atoms with Crippen LogP contribution in [0.5, 0.6) is 5.75 Å². The van der Waals surface area contributed by atoms with Crippen molar-refractivity contribution >= 4 is 29.2 Å². The summed E-state index contributed by atoms with van der Waals surface area (Å²) in [5, 5.41) is 19.5. The van der Waals surface area contributed by atoms with Crippen molar-refractivity contribution in [3.05, 3.63) is 53.1 Å². The third-order valence-electron chi connectivity index (χ3n) is 6.54. The number of aliphatic carboxylic acids is 1. The van der Waals surface area contributed by atoms with E-state index < -0.39 is 12.1 Å². The average Bonchev–Trinajstić information content (AvgIpc) is 3.24. The van der Waals surface area contributed by atoms with Crippen LogP contribution in [0.15, 0.2) is 42.0 Å². The van der Waals surface area contributed by atoms with Gasteiger partial charge in [-0.2, -0.15) is 0 Å². The van der Waals surface area contributed by atoms with Gasteiger partial charge in [0.15, 0.2) is 0 Å². The van der Waals surface area contributed by atoms with Crippen LogP contribution in [-0.4, -0.2) is 70.8 Å². The summed E-state index contributed by atoms with van der Waals surface area (Å²) in [6.45, 7) is 3.60. The molecule has 0 spiro atoms. The van der Waals surface area contributed by atoms with Gasteiger partial charge in [-0.3, -0.25) is 9.69 Å². The number of ether oxygens (including phenoxy) is 2. The number of benzene rings is 1. The van der Waals surface area contributed by atoms with Gasteiger partial charge in [0.05, 0.1) is 36.7 Å². The summed E-state index contributed by atoms with van der Waals surface area (Å²) in [4.78, 5) is 13.4. The van der Waals surface area contributed by atoms with Crippen LogP contribution in [0.1, 0.15) is 49.8 Å². The molecule has 0 aromatic heterocycles. The molecule has 34 heavy (non-hydrogen) atoms. The van der Waals surface area contributed by atoms with E-state index in [0.717, 1.165) is 36.9 Å². The lowest BCUT2D eigenvalue weighted by molar-refractivity contribution is -0.136. The first-order valence-corrected chi connectivity index (χ1v) is 12.7. The van der Waals surface area contributed by atoms with E-state index in [1.165, 1.54) is 5.57 Å². The summed E-state index contributed by atoms with van der Waals surface area (Å²) in [6.07, 6.45) is 8.57. The summed E-state index contributed by atoms with van der Waals surface area (Å²) in [5.41, 5.74) is 2.91. The Morgan fingerprint density at radius 2 is 2.09 bits per heavy atom. The van der Waals surface area contributed by atoms with E-state index in [0.29, 0.717) is 24.8 Å². The van der Waals surface area contributed by atoms with Crippen LogP contribution in [0.3, 0.4) is 0 Å². The summed E-state index contributed by atoms with van der Waals surface area (Å²) in [7, 11) is 1.57. The van der Waals surface area contributed by atoms with Gasteiger partial charge < -0.3 is 19.7 Å². The van der Waals surface area contributed by atoms with E-state index in [1.807, 2.05) is 37.3 Å². The van der Waals surface area contributed by atoms with E-state index in [2.05, 4.69) is 11.0 Å². The highest BCUT2D eigenvalue weighted by Crippen LogP contribution is 2.31. The number of aliphatic hydroxyl groups is 1. The zero-order chi connectivity index (χ0) is 24.7. The van der Waals surface area contributed by atoms with Crippen LogP contribution in [0.2, 0.25) is 0 Å². The van der Waals surface area contributed by atoms with Gasteiger partial charge in [-0.15, -0.1) is 23.2 Å². The lowest BCUT2D eigenvalue weighted by Gasteiger charge is -2.28. The quantitative estimate of drug-likeness (QED) is 0.395. The third-order valence-corrected chi connectivity index (χ3v) is 7.49. The van der Waals surface area contributed by atoms with Crippen LogP contribution in [0.4, 0.5) is 0 Å². The van der Waals surface area contributed by atoms with Crippen molar-refractivity contribution in [3.8, 4) is 5.75 Å². The Kier molecular flexibility index (Phi) is 10.3. The Balaban J connectivity index is 1.54. The number of rotatable bonds is 12. The number of hydrogen-bond acceptors (Lipinski definition) is 5. The maximum absolute atomic E-state index is 11.1. The molecule has 188 valence electrons. The molecule has 0 radical (unpaired) electrons. The minimum Gasteiger partial charge on any atom is -0.496 e. The number of carboxylic acids is 1. The molecular formula is C26H35Cl2NO5. The van der Waals surface area contributed by atoms with Crippen molar-refractivity contribution in [2.24, 2.45) is 0 Å².